The molecular weight excluding hydrogens is 92.1 g/mol. The summed E-state index contributed by atoms with van der Waals surface area (Å²) in [5, 5.41) is 3.45. The van der Waals surface area contributed by atoms with Crippen molar-refractivity contribution in [2.45, 2.75) is 6.92 Å². The minimum Gasteiger partial charge on any atom is -0.313 e. The lowest BCUT2D eigenvalue weighted by atomic mass is 10.5. The second kappa shape index (κ2) is 3.33. The van der Waals surface area contributed by atoms with Gasteiger partial charge in [-0.05, 0) is 0 Å². The molecule has 0 saturated heterocycles. The van der Waals surface area contributed by atoms with Gasteiger partial charge in [0.25, 0.3) is 0 Å². The maximum atomic E-state index is 10.0. The molecule has 0 radical (unpaired) electrons. The van der Waals surface area contributed by atoms with E-state index in [1.807, 2.05) is 0 Å². The summed E-state index contributed by atoms with van der Waals surface area (Å²) in [7, 11) is 1.64. The molecule has 0 atom stereocenters. The number of ketones is 1. The number of hydrogen-bond donors (Lipinski definition) is 1. The second-order valence-electron chi connectivity index (χ2n) is 1.09. The summed E-state index contributed by atoms with van der Waals surface area (Å²) in [6.45, 7) is 1.45. The Balaban J connectivity index is 3.26. The molecule has 0 aromatic heterocycles. The molecule has 0 rings (SSSR count). The summed E-state index contributed by atoms with van der Waals surface area (Å²) in [5.41, 5.74) is 2.45. The van der Waals surface area contributed by atoms with Crippen LogP contribution in [0.3, 0.4) is 0 Å². The largest absolute Gasteiger partial charge is 0.313 e. The third-order valence-corrected chi connectivity index (χ3v) is 0.375. The van der Waals surface area contributed by atoms with Crippen LogP contribution in [-0.4, -0.2) is 19.0 Å². The average Bonchev–Trinajstić information content (AvgIpc) is 1.61. The Bertz CT molecular complexity index is 87.7. The zero-order valence-corrected chi connectivity index (χ0v) is 4.43. The topological polar surface area (TPSA) is 41.5 Å². The van der Waals surface area contributed by atoms with Gasteiger partial charge >= 0.3 is 0 Å². The predicted molar refractivity (Wildman–Crippen MR) is 28.2 cm³/mol. The molecule has 0 aliphatic carbocycles. The number of carbonyl (C=O) groups is 1. The van der Waals surface area contributed by atoms with Crippen LogP contribution in [0.15, 0.2) is 5.10 Å². The lowest BCUT2D eigenvalue weighted by Gasteiger charge is -1.79. The van der Waals surface area contributed by atoms with Crippen LogP contribution in [0.4, 0.5) is 0 Å². The van der Waals surface area contributed by atoms with Crippen molar-refractivity contribution in [3.63, 3.8) is 0 Å². The molecule has 0 amide bonds. The smallest absolute Gasteiger partial charge is 0.172 e. The van der Waals surface area contributed by atoms with Crippen LogP contribution in [-0.2, 0) is 4.79 Å². The van der Waals surface area contributed by atoms with E-state index in [-0.39, 0.29) is 5.78 Å². The highest BCUT2D eigenvalue weighted by atomic mass is 16.1. The van der Waals surface area contributed by atoms with Gasteiger partial charge in [-0.15, -0.1) is 0 Å². The zero-order valence-electron chi connectivity index (χ0n) is 4.43. The van der Waals surface area contributed by atoms with Gasteiger partial charge in [0, 0.05) is 14.0 Å². The molecular formula is C4H8N2O. The Labute approximate surface area is 42.4 Å². The Hall–Kier alpha value is -0.860. The van der Waals surface area contributed by atoms with Crippen molar-refractivity contribution in [2.75, 3.05) is 7.05 Å². The van der Waals surface area contributed by atoms with Gasteiger partial charge in [0.05, 0.1) is 6.21 Å². The summed E-state index contributed by atoms with van der Waals surface area (Å²) in [4.78, 5) is 10.0. The van der Waals surface area contributed by atoms with Gasteiger partial charge in [-0.1, -0.05) is 0 Å². The summed E-state index contributed by atoms with van der Waals surface area (Å²) < 4.78 is 0. The molecule has 0 bridgehead atoms. The van der Waals surface area contributed by atoms with E-state index in [4.69, 9.17) is 0 Å². The number of carbonyl (C=O) groups excluding carboxylic acids is 1. The first kappa shape index (κ1) is 6.14. The first-order valence-corrected chi connectivity index (χ1v) is 1.97. The molecule has 0 spiro atoms. The van der Waals surface area contributed by atoms with E-state index in [0.29, 0.717) is 0 Å². The van der Waals surface area contributed by atoms with Crippen LogP contribution in [0.25, 0.3) is 0 Å². The number of nitrogens with zero attached hydrogens (tertiary/aromatic N) is 1. The predicted octanol–water partition coefficient (Wildman–Crippen LogP) is -0.219. The minimum atomic E-state index is -0.0469. The highest BCUT2D eigenvalue weighted by Crippen LogP contribution is 1.56. The summed E-state index contributed by atoms with van der Waals surface area (Å²) in [6, 6.07) is 0. The van der Waals surface area contributed by atoms with E-state index >= 15 is 0 Å². The number of hydrogen-bond acceptors (Lipinski definition) is 3. The average molecular weight is 100 g/mol. The van der Waals surface area contributed by atoms with Gasteiger partial charge < -0.3 is 5.43 Å². The van der Waals surface area contributed by atoms with Crippen LogP contribution < -0.4 is 5.43 Å². The van der Waals surface area contributed by atoms with Gasteiger partial charge in [-0.2, -0.15) is 5.10 Å². The molecule has 0 saturated carbocycles. The fourth-order valence-electron chi connectivity index (χ4n) is 0.155. The Morgan fingerprint density at radius 2 is 2.43 bits per heavy atom. The van der Waals surface area contributed by atoms with Crippen molar-refractivity contribution >= 4 is 12.0 Å². The number of nitrogens with one attached hydrogen (secondary N) is 1. The second-order valence-corrected chi connectivity index (χ2v) is 1.09. The molecule has 0 heterocycles. The molecule has 0 fully saturated rings. The molecule has 7 heavy (non-hydrogen) atoms. The fourth-order valence-corrected chi connectivity index (χ4v) is 0.155. The highest BCUT2D eigenvalue weighted by molar-refractivity contribution is 6.26. The first-order chi connectivity index (χ1) is 3.27. The lowest BCUT2D eigenvalue weighted by molar-refractivity contribution is -0.110. The van der Waals surface area contributed by atoms with Crippen LogP contribution in [0.1, 0.15) is 6.92 Å². The van der Waals surface area contributed by atoms with E-state index < -0.39 is 0 Å². The molecule has 0 aliphatic heterocycles. The number of Topliss-reactive ketones (excluding diaryl/α,β-unsaturated/α-hetero) is 1. The fraction of sp³-hybridized carbons (Fsp3) is 0.500. The van der Waals surface area contributed by atoms with Crippen molar-refractivity contribution in [1.82, 2.24) is 5.43 Å². The summed E-state index contributed by atoms with van der Waals surface area (Å²) in [5.74, 6) is -0.0469. The maximum absolute atomic E-state index is 10.0. The normalized spacial score (nSPS) is 9.43. The van der Waals surface area contributed by atoms with Gasteiger partial charge in [0.15, 0.2) is 5.78 Å². The van der Waals surface area contributed by atoms with E-state index in [9.17, 15) is 4.79 Å². The number of rotatable bonds is 2. The maximum Gasteiger partial charge on any atom is 0.172 e. The Kier molecular flexibility index (Phi) is 2.92. The van der Waals surface area contributed by atoms with Crippen molar-refractivity contribution in [3.8, 4) is 0 Å². The van der Waals surface area contributed by atoms with Crippen LogP contribution in [0, 0.1) is 0 Å². The van der Waals surface area contributed by atoms with Gasteiger partial charge in [0.1, 0.15) is 0 Å². The summed E-state index contributed by atoms with van der Waals surface area (Å²) in [6.07, 6.45) is 1.22. The molecule has 0 aliphatic rings. The Morgan fingerprint density at radius 3 is 2.57 bits per heavy atom. The van der Waals surface area contributed by atoms with E-state index in [1.54, 1.807) is 7.05 Å². The highest BCUT2D eigenvalue weighted by Gasteiger charge is 1.76. The van der Waals surface area contributed by atoms with Gasteiger partial charge in [0.2, 0.25) is 0 Å². The third kappa shape index (κ3) is 5.14. The molecule has 3 heteroatoms. The van der Waals surface area contributed by atoms with Crippen molar-refractivity contribution in [1.29, 1.82) is 0 Å². The number of hydrazone groups is 1. The van der Waals surface area contributed by atoms with E-state index in [0.717, 1.165) is 0 Å². The SMILES string of the molecule is CN/N=C\C(C)=O. The van der Waals surface area contributed by atoms with E-state index in [1.165, 1.54) is 13.1 Å². The van der Waals surface area contributed by atoms with Crippen LogP contribution >= 0.6 is 0 Å². The summed E-state index contributed by atoms with van der Waals surface area (Å²) >= 11 is 0. The van der Waals surface area contributed by atoms with Crippen molar-refractivity contribution in [3.05, 3.63) is 0 Å². The van der Waals surface area contributed by atoms with Gasteiger partial charge in [-0.3, -0.25) is 4.79 Å². The minimum absolute atomic E-state index is 0.0469. The molecule has 3 nitrogen and oxygen atoms in total. The lowest BCUT2D eigenvalue weighted by Crippen LogP contribution is -1.98. The molecule has 0 unspecified atom stereocenters. The first-order valence-electron chi connectivity index (χ1n) is 1.97. The Morgan fingerprint density at radius 1 is 1.86 bits per heavy atom. The van der Waals surface area contributed by atoms with Crippen molar-refractivity contribution in [2.24, 2.45) is 5.10 Å². The van der Waals surface area contributed by atoms with E-state index in [2.05, 4.69) is 10.5 Å². The van der Waals surface area contributed by atoms with Gasteiger partial charge in [-0.25, -0.2) is 0 Å². The monoisotopic (exact) mass is 100 g/mol. The van der Waals surface area contributed by atoms with Crippen LogP contribution in [0.2, 0.25) is 0 Å². The standard InChI is InChI=1S/C4H8N2O/c1-4(7)3-6-5-2/h3,5H,1-2H3/b6-3-. The third-order valence-electron chi connectivity index (χ3n) is 0.375. The molecule has 0 aromatic carbocycles. The molecule has 40 valence electrons. The quantitative estimate of drug-likeness (QED) is 0.385. The van der Waals surface area contributed by atoms with Crippen molar-refractivity contribution < 1.29 is 4.79 Å². The van der Waals surface area contributed by atoms with Crippen LogP contribution in [0.5, 0.6) is 0 Å². The zero-order chi connectivity index (χ0) is 5.70. The molecule has 1 N–H and O–H groups in total. The molecule has 0 aromatic rings.